The SMILES string of the molecule is Cc1cc(N)cc(C(=O)OCC(=O)NC(C)C)c1. The number of hydrogen-bond donors (Lipinski definition) is 2. The molecule has 0 aliphatic rings. The number of carbonyl (C=O) groups excluding carboxylic acids is 2. The lowest BCUT2D eigenvalue weighted by atomic mass is 10.1. The van der Waals surface area contributed by atoms with E-state index in [9.17, 15) is 9.59 Å². The molecule has 0 radical (unpaired) electrons. The third-order valence-electron chi connectivity index (χ3n) is 2.12. The summed E-state index contributed by atoms with van der Waals surface area (Å²) in [5.41, 5.74) is 7.35. The number of amides is 1. The van der Waals surface area contributed by atoms with E-state index in [2.05, 4.69) is 5.32 Å². The molecule has 0 atom stereocenters. The van der Waals surface area contributed by atoms with Gasteiger partial charge in [-0.1, -0.05) is 0 Å². The first-order valence-corrected chi connectivity index (χ1v) is 5.72. The van der Waals surface area contributed by atoms with Crippen LogP contribution < -0.4 is 11.1 Å². The first kappa shape index (κ1) is 14.0. The van der Waals surface area contributed by atoms with E-state index >= 15 is 0 Å². The Bertz CT molecular complexity index is 435. The van der Waals surface area contributed by atoms with Crippen molar-refractivity contribution in [3.63, 3.8) is 0 Å². The minimum Gasteiger partial charge on any atom is -0.452 e. The number of nitrogen functional groups attached to an aromatic ring is 1. The van der Waals surface area contributed by atoms with Crippen LogP contribution in [0.5, 0.6) is 0 Å². The van der Waals surface area contributed by atoms with E-state index in [1.54, 1.807) is 12.1 Å². The van der Waals surface area contributed by atoms with Gasteiger partial charge < -0.3 is 15.8 Å². The third kappa shape index (κ3) is 4.45. The Morgan fingerprint density at radius 2 is 2.00 bits per heavy atom. The maximum absolute atomic E-state index is 11.7. The number of anilines is 1. The second kappa shape index (κ2) is 6.05. The second-order valence-electron chi connectivity index (χ2n) is 4.43. The molecule has 0 saturated heterocycles. The standard InChI is InChI=1S/C13H18N2O3/c1-8(2)15-12(16)7-18-13(17)10-4-9(3)5-11(14)6-10/h4-6,8H,7,14H2,1-3H3,(H,15,16). The molecule has 1 rings (SSSR count). The number of rotatable bonds is 4. The first-order valence-electron chi connectivity index (χ1n) is 5.72. The van der Waals surface area contributed by atoms with E-state index in [1.807, 2.05) is 20.8 Å². The highest BCUT2D eigenvalue weighted by Crippen LogP contribution is 2.12. The highest BCUT2D eigenvalue weighted by Gasteiger charge is 2.11. The number of nitrogens with one attached hydrogen (secondary N) is 1. The lowest BCUT2D eigenvalue weighted by Gasteiger charge is -2.09. The van der Waals surface area contributed by atoms with E-state index in [4.69, 9.17) is 10.5 Å². The Kier molecular flexibility index (Phi) is 4.71. The van der Waals surface area contributed by atoms with E-state index in [1.165, 1.54) is 6.07 Å². The zero-order chi connectivity index (χ0) is 13.7. The van der Waals surface area contributed by atoms with Crippen LogP contribution in [0, 0.1) is 6.92 Å². The highest BCUT2D eigenvalue weighted by molar-refractivity contribution is 5.92. The van der Waals surface area contributed by atoms with E-state index in [0.29, 0.717) is 11.3 Å². The molecule has 0 unspecified atom stereocenters. The Labute approximate surface area is 106 Å². The van der Waals surface area contributed by atoms with Crippen molar-refractivity contribution < 1.29 is 14.3 Å². The minimum atomic E-state index is -0.552. The molecule has 0 aliphatic carbocycles. The van der Waals surface area contributed by atoms with Gasteiger partial charge in [0.1, 0.15) is 0 Å². The predicted molar refractivity (Wildman–Crippen MR) is 69.2 cm³/mol. The van der Waals surface area contributed by atoms with Crippen molar-refractivity contribution in [1.29, 1.82) is 0 Å². The summed E-state index contributed by atoms with van der Waals surface area (Å²) in [5, 5.41) is 2.63. The summed E-state index contributed by atoms with van der Waals surface area (Å²) in [5.74, 6) is -0.872. The quantitative estimate of drug-likeness (QED) is 0.622. The molecular formula is C13H18N2O3. The summed E-state index contributed by atoms with van der Waals surface area (Å²) in [6.07, 6.45) is 0. The van der Waals surface area contributed by atoms with Crippen molar-refractivity contribution in [2.24, 2.45) is 0 Å². The fraction of sp³-hybridized carbons (Fsp3) is 0.385. The molecular weight excluding hydrogens is 232 g/mol. The molecule has 0 bridgehead atoms. The summed E-state index contributed by atoms with van der Waals surface area (Å²) in [4.78, 5) is 23.0. The van der Waals surface area contributed by atoms with Crippen LogP contribution in [-0.4, -0.2) is 24.5 Å². The normalized spacial score (nSPS) is 10.2. The monoisotopic (exact) mass is 250 g/mol. The van der Waals surface area contributed by atoms with Gasteiger partial charge in [-0.05, 0) is 44.5 Å². The van der Waals surface area contributed by atoms with Gasteiger partial charge in [0.15, 0.2) is 6.61 Å². The van der Waals surface area contributed by atoms with Crippen molar-refractivity contribution >= 4 is 17.6 Å². The van der Waals surface area contributed by atoms with Gasteiger partial charge in [-0.3, -0.25) is 4.79 Å². The Hall–Kier alpha value is -2.04. The van der Waals surface area contributed by atoms with Crippen LogP contribution >= 0.6 is 0 Å². The summed E-state index contributed by atoms with van der Waals surface area (Å²) in [6, 6.07) is 4.96. The van der Waals surface area contributed by atoms with Crippen molar-refractivity contribution in [2.45, 2.75) is 26.8 Å². The number of nitrogens with two attached hydrogens (primary N) is 1. The molecule has 98 valence electrons. The topological polar surface area (TPSA) is 81.4 Å². The van der Waals surface area contributed by atoms with Crippen molar-refractivity contribution in [2.75, 3.05) is 12.3 Å². The predicted octanol–water partition coefficient (Wildman–Crippen LogP) is 1.26. The van der Waals surface area contributed by atoms with Gasteiger partial charge in [0.2, 0.25) is 0 Å². The number of ether oxygens (including phenoxy) is 1. The van der Waals surface area contributed by atoms with Crippen LogP contribution in [0.3, 0.4) is 0 Å². The Morgan fingerprint density at radius 1 is 1.33 bits per heavy atom. The Morgan fingerprint density at radius 3 is 2.56 bits per heavy atom. The van der Waals surface area contributed by atoms with Crippen molar-refractivity contribution in [1.82, 2.24) is 5.32 Å². The van der Waals surface area contributed by atoms with Gasteiger partial charge in [-0.25, -0.2) is 4.79 Å². The largest absolute Gasteiger partial charge is 0.452 e. The molecule has 5 nitrogen and oxygen atoms in total. The van der Waals surface area contributed by atoms with Crippen molar-refractivity contribution in [3.8, 4) is 0 Å². The molecule has 0 aliphatic heterocycles. The van der Waals surface area contributed by atoms with Gasteiger partial charge in [0.05, 0.1) is 5.56 Å². The molecule has 3 N–H and O–H groups in total. The second-order valence-corrected chi connectivity index (χ2v) is 4.43. The van der Waals surface area contributed by atoms with Crippen LogP contribution in [0.25, 0.3) is 0 Å². The molecule has 5 heteroatoms. The highest BCUT2D eigenvalue weighted by atomic mass is 16.5. The molecule has 1 aromatic carbocycles. The summed E-state index contributed by atoms with van der Waals surface area (Å²) < 4.78 is 4.89. The van der Waals surface area contributed by atoms with E-state index in [0.717, 1.165) is 5.56 Å². The molecule has 0 fully saturated rings. The number of benzene rings is 1. The zero-order valence-corrected chi connectivity index (χ0v) is 10.8. The lowest BCUT2D eigenvalue weighted by Crippen LogP contribution is -2.34. The van der Waals surface area contributed by atoms with Crippen LogP contribution in [0.2, 0.25) is 0 Å². The average Bonchev–Trinajstić information content (AvgIpc) is 2.23. The summed E-state index contributed by atoms with van der Waals surface area (Å²) in [7, 11) is 0. The van der Waals surface area contributed by atoms with Gasteiger partial charge in [-0.2, -0.15) is 0 Å². The zero-order valence-electron chi connectivity index (χ0n) is 10.8. The number of aryl methyl sites for hydroxylation is 1. The van der Waals surface area contributed by atoms with Gasteiger partial charge in [0.25, 0.3) is 5.91 Å². The third-order valence-corrected chi connectivity index (χ3v) is 2.12. The maximum atomic E-state index is 11.7. The average molecular weight is 250 g/mol. The molecule has 18 heavy (non-hydrogen) atoms. The smallest absolute Gasteiger partial charge is 0.338 e. The van der Waals surface area contributed by atoms with Crippen LogP contribution in [0.4, 0.5) is 5.69 Å². The fourth-order valence-electron chi connectivity index (χ4n) is 1.51. The minimum absolute atomic E-state index is 0.0193. The van der Waals surface area contributed by atoms with Crippen LogP contribution in [0.15, 0.2) is 18.2 Å². The molecule has 0 heterocycles. The molecule has 0 aromatic heterocycles. The first-order chi connectivity index (χ1) is 8.38. The molecule has 0 spiro atoms. The molecule has 0 saturated carbocycles. The van der Waals surface area contributed by atoms with E-state index < -0.39 is 5.97 Å². The maximum Gasteiger partial charge on any atom is 0.338 e. The van der Waals surface area contributed by atoms with Gasteiger partial charge in [-0.15, -0.1) is 0 Å². The molecule has 1 amide bonds. The van der Waals surface area contributed by atoms with Crippen molar-refractivity contribution in [3.05, 3.63) is 29.3 Å². The van der Waals surface area contributed by atoms with E-state index in [-0.39, 0.29) is 18.6 Å². The number of esters is 1. The van der Waals surface area contributed by atoms with Crippen LogP contribution in [0.1, 0.15) is 29.8 Å². The molecule has 1 aromatic rings. The van der Waals surface area contributed by atoms with Gasteiger partial charge in [0, 0.05) is 11.7 Å². The summed E-state index contributed by atoms with van der Waals surface area (Å²) >= 11 is 0. The Balaban J connectivity index is 2.58. The fourth-order valence-corrected chi connectivity index (χ4v) is 1.51. The van der Waals surface area contributed by atoms with Gasteiger partial charge >= 0.3 is 5.97 Å². The number of carbonyl (C=O) groups is 2. The summed E-state index contributed by atoms with van der Waals surface area (Å²) in [6.45, 7) is 5.21. The van der Waals surface area contributed by atoms with Crippen LogP contribution in [-0.2, 0) is 9.53 Å². The number of hydrogen-bond acceptors (Lipinski definition) is 4. The lowest BCUT2D eigenvalue weighted by molar-refractivity contribution is -0.124.